The van der Waals surface area contributed by atoms with E-state index in [2.05, 4.69) is 10.2 Å². The van der Waals surface area contributed by atoms with E-state index >= 15 is 0 Å². The molecule has 0 aliphatic carbocycles. The lowest BCUT2D eigenvalue weighted by atomic mass is 10.3. The molecule has 4 rings (SSSR count). The Morgan fingerprint density at radius 3 is 2.92 bits per heavy atom. The van der Waals surface area contributed by atoms with Gasteiger partial charge in [-0.25, -0.2) is 4.79 Å². The molecule has 0 amide bonds. The highest BCUT2D eigenvalue weighted by Gasteiger charge is 2.10. The van der Waals surface area contributed by atoms with Crippen LogP contribution in [0.1, 0.15) is 6.42 Å². The summed E-state index contributed by atoms with van der Waals surface area (Å²) in [6, 6.07) is 15.0. The summed E-state index contributed by atoms with van der Waals surface area (Å²) in [5.74, 6) is 0.476. The number of hydrogen-bond donors (Lipinski definition) is 0. The van der Waals surface area contributed by atoms with Crippen LogP contribution in [0.4, 0.5) is 0 Å². The lowest BCUT2D eigenvalue weighted by Crippen LogP contribution is -2.14. The molecule has 0 fully saturated rings. The van der Waals surface area contributed by atoms with Gasteiger partial charge in [0.15, 0.2) is 10.7 Å². The summed E-state index contributed by atoms with van der Waals surface area (Å²) in [5.41, 5.74) is 2.36. The molecule has 4 aromatic rings. The smallest absolute Gasteiger partial charge is 0.408 e. The van der Waals surface area contributed by atoms with Gasteiger partial charge in [0, 0.05) is 17.3 Å². The Hall–Kier alpha value is -2.51. The van der Waals surface area contributed by atoms with Crippen LogP contribution >= 0.6 is 23.4 Å². The Morgan fingerprint density at radius 2 is 2.04 bits per heavy atom. The van der Waals surface area contributed by atoms with Crippen LogP contribution in [0.5, 0.6) is 0 Å². The first kappa shape index (κ1) is 16.9. The quantitative estimate of drug-likeness (QED) is 0.370. The SMILES string of the molecule is O=c1oc2ccccc2n1CCCSc1nncn1-c1cccc(Cl)c1. The van der Waals surface area contributed by atoms with Crippen LogP contribution in [-0.2, 0) is 6.54 Å². The first-order valence-corrected chi connectivity index (χ1v) is 9.46. The van der Waals surface area contributed by atoms with Gasteiger partial charge in [0.1, 0.15) is 6.33 Å². The Kier molecular flexibility index (Phi) is 4.81. The molecule has 0 atom stereocenters. The van der Waals surface area contributed by atoms with Gasteiger partial charge in [-0.3, -0.25) is 9.13 Å². The van der Waals surface area contributed by atoms with E-state index in [9.17, 15) is 4.79 Å². The number of halogens is 1. The highest BCUT2D eigenvalue weighted by molar-refractivity contribution is 7.99. The maximum atomic E-state index is 12.0. The van der Waals surface area contributed by atoms with Crippen molar-refractivity contribution in [2.75, 3.05) is 5.75 Å². The molecule has 0 bridgehead atoms. The van der Waals surface area contributed by atoms with Crippen molar-refractivity contribution in [2.45, 2.75) is 18.1 Å². The molecule has 8 heteroatoms. The predicted molar refractivity (Wildman–Crippen MR) is 102 cm³/mol. The fourth-order valence-electron chi connectivity index (χ4n) is 2.74. The van der Waals surface area contributed by atoms with E-state index in [-0.39, 0.29) is 5.76 Å². The number of rotatable bonds is 6. The van der Waals surface area contributed by atoms with Crippen molar-refractivity contribution in [2.24, 2.45) is 0 Å². The van der Waals surface area contributed by atoms with Crippen molar-refractivity contribution in [3.8, 4) is 5.69 Å². The van der Waals surface area contributed by atoms with Crippen LogP contribution in [0, 0.1) is 0 Å². The molecule has 0 spiro atoms. The van der Waals surface area contributed by atoms with E-state index in [0.717, 1.165) is 28.5 Å². The van der Waals surface area contributed by atoms with Crippen molar-refractivity contribution in [1.82, 2.24) is 19.3 Å². The summed E-state index contributed by atoms with van der Waals surface area (Å²) in [7, 11) is 0. The van der Waals surface area contributed by atoms with Gasteiger partial charge < -0.3 is 4.42 Å². The molecule has 2 heterocycles. The van der Waals surface area contributed by atoms with Crippen molar-refractivity contribution < 1.29 is 4.42 Å². The predicted octanol–water partition coefficient (Wildman–Crippen LogP) is 4.01. The fourth-order valence-corrected chi connectivity index (χ4v) is 3.77. The van der Waals surface area contributed by atoms with Gasteiger partial charge in [0.05, 0.1) is 11.2 Å². The molecular formula is C18H15ClN4O2S. The summed E-state index contributed by atoms with van der Waals surface area (Å²) in [6.07, 6.45) is 2.47. The molecule has 0 saturated carbocycles. The maximum absolute atomic E-state index is 12.0. The van der Waals surface area contributed by atoms with Crippen LogP contribution in [-0.4, -0.2) is 25.1 Å². The molecule has 0 aliphatic rings. The number of oxazole rings is 1. The van der Waals surface area contributed by atoms with E-state index in [1.807, 2.05) is 47.0 Å². The van der Waals surface area contributed by atoms with E-state index in [1.165, 1.54) is 0 Å². The third-order valence-electron chi connectivity index (χ3n) is 3.93. The maximum Gasteiger partial charge on any atom is 0.419 e. The third kappa shape index (κ3) is 3.40. The van der Waals surface area contributed by atoms with Crippen molar-refractivity contribution >= 4 is 34.5 Å². The van der Waals surface area contributed by atoms with Gasteiger partial charge in [-0.2, -0.15) is 0 Å². The monoisotopic (exact) mass is 386 g/mol. The van der Waals surface area contributed by atoms with Gasteiger partial charge in [-0.05, 0) is 36.8 Å². The second kappa shape index (κ2) is 7.39. The van der Waals surface area contributed by atoms with Crippen LogP contribution in [0.15, 0.2) is 69.2 Å². The van der Waals surface area contributed by atoms with Gasteiger partial charge in [-0.15, -0.1) is 10.2 Å². The molecule has 2 aromatic carbocycles. The topological polar surface area (TPSA) is 65.8 Å². The van der Waals surface area contributed by atoms with Crippen molar-refractivity contribution in [3.63, 3.8) is 0 Å². The Morgan fingerprint density at radius 1 is 1.15 bits per heavy atom. The van der Waals surface area contributed by atoms with E-state index < -0.39 is 0 Å². The molecule has 0 radical (unpaired) electrons. The number of nitrogens with zero attached hydrogens (tertiary/aromatic N) is 4. The summed E-state index contributed by atoms with van der Waals surface area (Å²) < 4.78 is 8.81. The second-order valence-electron chi connectivity index (χ2n) is 5.65. The summed E-state index contributed by atoms with van der Waals surface area (Å²) in [5, 5.41) is 9.61. The van der Waals surface area contributed by atoms with Gasteiger partial charge >= 0.3 is 5.76 Å². The Balaban J connectivity index is 1.42. The van der Waals surface area contributed by atoms with Gasteiger partial charge in [-0.1, -0.05) is 41.6 Å². The third-order valence-corrected chi connectivity index (χ3v) is 5.20. The highest BCUT2D eigenvalue weighted by Crippen LogP contribution is 2.22. The number of thioether (sulfide) groups is 1. The van der Waals surface area contributed by atoms with Gasteiger partial charge in [0.25, 0.3) is 0 Å². The van der Waals surface area contributed by atoms with Gasteiger partial charge in [0.2, 0.25) is 0 Å². The molecule has 6 nitrogen and oxygen atoms in total. The summed E-state index contributed by atoms with van der Waals surface area (Å²) in [6.45, 7) is 0.591. The zero-order valence-corrected chi connectivity index (χ0v) is 15.3. The van der Waals surface area contributed by atoms with Crippen LogP contribution in [0.3, 0.4) is 0 Å². The number of aromatic nitrogens is 4. The highest BCUT2D eigenvalue weighted by atomic mass is 35.5. The zero-order chi connectivity index (χ0) is 17.9. The number of hydrogen-bond acceptors (Lipinski definition) is 5. The lowest BCUT2D eigenvalue weighted by Gasteiger charge is -2.06. The van der Waals surface area contributed by atoms with E-state index in [1.54, 1.807) is 28.7 Å². The average molecular weight is 387 g/mol. The van der Waals surface area contributed by atoms with Crippen LogP contribution < -0.4 is 5.76 Å². The number of benzene rings is 2. The zero-order valence-electron chi connectivity index (χ0n) is 13.7. The molecule has 26 heavy (non-hydrogen) atoms. The molecular weight excluding hydrogens is 372 g/mol. The molecule has 132 valence electrons. The second-order valence-corrected chi connectivity index (χ2v) is 7.15. The van der Waals surface area contributed by atoms with E-state index in [0.29, 0.717) is 17.2 Å². The first-order valence-electron chi connectivity index (χ1n) is 8.09. The number of fused-ring (bicyclic) bond motifs is 1. The van der Waals surface area contributed by atoms with Crippen molar-refractivity contribution in [3.05, 3.63) is 70.4 Å². The minimum atomic E-state index is -0.321. The minimum absolute atomic E-state index is 0.321. The molecule has 0 saturated heterocycles. The normalized spacial score (nSPS) is 11.3. The number of para-hydroxylation sites is 2. The van der Waals surface area contributed by atoms with Crippen molar-refractivity contribution in [1.29, 1.82) is 0 Å². The molecule has 0 unspecified atom stereocenters. The molecule has 2 aromatic heterocycles. The van der Waals surface area contributed by atoms with Crippen LogP contribution in [0.2, 0.25) is 5.02 Å². The molecule has 0 aliphatic heterocycles. The Bertz CT molecular complexity index is 1100. The van der Waals surface area contributed by atoms with E-state index in [4.69, 9.17) is 16.0 Å². The lowest BCUT2D eigenvalue weighted by molar-refractivity contribution is 0.503. The summed E-state index contributed by atoms with van der Waals surface area (Å²) >= 11 is 7.65. The number of aryl methyl sites for hydroxylation is 1. The standard InChI is InChI=1S/C18H15ClN4O2S/c19-13-5-3-6-14(11-13)23-12-20-21-17(23)26-10-4-9-22-15-7-1-2-8-16(15)25-18(22)24/h1-3,5-8,11-12H,4,9-10H2. The molecule has 0 N–H and O–H groups in total. The summed E-state index contributed by atoms with van der Waals surface area (Å²) in [4.78, 5) is 12.0. The minimum Gasteiger partial charge on any atom is -0.408 e. The first-order chi connectivity index (χ1) is 12.7. The fraction of sp³-hybridized carbons (Fsp3) is 0.167. The van der Waals surface area contributed by atoms with Crippen LogP contribution in [0.25, 0.3) is 16.8 Å². The average Bonchev–Trinajstić information content (AvgIpc) is 3.23. The Labute approximate surface area is 158 Å². The largest absolute Gasteiger partial charge is 0.419 e.